The first-order chi connectivity index (χ1) is 20.9. The van der Waals surface area contributed by atoms with Gasteiger partial charge in [-0.2, -0.15) is 13.2 Å². The number of esters is 1. The van der Waals surface area contributed by atoms with Crippen LogP contribution in [0.25, 0.3) is 6.08 Å². The van der Waals surface area contributed by atoms with Crippen LogP contribution in [0.2, 0.25) is 0 Å². The fraction of sp³-hybridized carbons (Fsp3) is 0.588. The number of carbonyl (C=O) groups is 2. The van der Waals surface area contributed by atoms with Crippen molar-refractivity contribution in [3.63, 3.8) is 0 Å². The number of nitrogens with zero attached hydrogens (tertiary/aromatic N) is 1. The molecule has 3 unspecified atom stereocenters. The Morgan fingerprint density at radius 2 is 1.91 bits per heavy atom. The van der Waals surface area contributed by atoms with Crippen molar-refractivity contribution < 1.29 is 41.5 Å². The Morgan fingerprint density at radius 3 is 2.57 bits per heavy atom. The van der Waals surface area contributed by atoms with E-state index in [0.717, 1.165) is 66.4 Å². The summed E-state index contributed by atoms with van der Waals surface area (Å²) < 4.78 is 62.7. The number of quaternary nitrogens is 1. The Bertz CT molecular complexity index is 1470. The topological polar surface area (TPSA) is 73.9 Å². The summed E-state index contributed by atoms with van der Waals surface area (Å²) in [6.07, 6.45) is 3.33. The number of benzene rings is 1. The molecule has 7 rings (SSSR count). The number of rotatable bonds is 7. The molecular weight excluding hydrogens is 573 g/mol. The summed E-state index contributed by atoms with van der Waals surface area (Å²) in [5.41, 5.74) is -1.43. The average molecular weight is 614 g/mol. The first-order valence-electron chi connectivity index (χ1n) is 15.8. The molecule has 44 heavy (non-hydrogen) atoms. The van der Waals surface area contributed by atoms with E-state index in [1.54, 1.807) is 18.2 Å². The molecule has 236 valence electrons. The molecule has 7 atom stereocenters. The number of ether oxygens (including phenoxy) is 3. The van der Waals surface area contributed by atoms with E-state index in [1.165, 1.54) is 45.1 Å². The van der Waals surface area contributed by atoms with Gasteiger partial charge in [-0.05, 0) is 42.9 Å². The zero-order valence-electron chi connectivity index (χ0n) is 25.4. The molecule has 0 aromatic heterocycles. The first kappa shape index (κ1) is 29.7. The largest absolute Gasteiger partial charge is 0.427 e. The zero-order valence-corrected chi connectivity index (χ0v) is 25.4. The predicted molar refractivity (Wildman–Crippen MR) is 155 cm³/mol. The summed E-state index contributed by atoms with van der Waals surface area (Å²) in [6, 6.07) is 8.23. The van der Waals surface area contributed by atoms with Gasteiger partial charge in [-0.25, -0.2) is 0 Å². The second kappa shape index (κ2) is 10.3. The van der Waals surface area contributed by atoms with Gasteiger partial charge in [-0.1, -0.05) is 36.8 Å². The smallest absolute Gasteiger partial charge is 0.421 e. The van der Waals surface area contributed by atoms with Gasteiger partial charge < -0.3 is 24.0 Å². The molecular formula is C34H40F3N2O5+. The lowest BCUT2D eigenvalue weighted by atomic mass is 9.50. The maximum atomic E-state index is 14.4. The predicted octanol–water partition coefficient (Wildman–Crippen LogP) is 5.43. The normalized spacial score (nSPS) is 37.7. The van der Waals surface area contributed by atoms with E-state index >= 15 is 0 Å². The van der Waals surface area contributed by atoms with Crippen molar-refractivity contribution in [2.75, 3.05) is 27.2 Å². The van der Waals surface area contributed by atoms with E-state index in [4.69, 9.17) is 14.2 Å². The molecule has 1 N–H and O–H groups in total. The minimum Gasteiger partial charge on any atom is -0.427 e. The molecule has 1 amide bonds. The number of nitrogens with one attached hydrogen (secondary N) is 1. The maximum absolute atomic E-state index is 14.4. The summed E-state index contributed by atoms with van der Waals surface area (Å²) in [7, 11) is 3.71. The Hall–Kier alpha value is -2.95. The molecule has 4 aliphatic carbocycles. The quantitative estimate of drug-likeness (QED) is 0.192. The Kier molecular flexibility index (Phi) is 6.95. The van der Waals surface area contributed by atoms with Crippen LogP contribution in [0.1, 0.15) is 57.4 Å². The molecule has 2 saturated carbocycles. The number of methoxy groups -OCH3 is 1. The monoisotopic (exact) mass is 613 g/mol. The van der Waals surface area contributed by atoms with Crippen LogP contribution in [-0.2, 0) is 23.8 Å². The van der Waals surface area contributed by atoms with Gasteiger partial charge in [0.1, 0.15) is 17.4 Å². The van der Waals surface area contributed by atoms with E-state index in [0.29, 0.717) is 18.4 Å². The Morgan fingerprint density at radius 1 is 1.16 bits per heavy atom. The molecule has 1 aromatic rings. The highest BCUT2D eigenvalue weighted by molar-refractivity contribution is 5.99. The van der Waals surface area contributed by atoms with Gasteiger partial charge in [0.15, 0.2) is 5.72 Å². The van der Waals surface area contributed by atoms with Crippen LogP contribution >= 0.6 is 0 Å². The Labute approximate surface area is 255 Å². The third-order valence-electron chi connectivity index (χ3n) is 11.3. The minimum atomic E-state index is -4.93. The van der Waals surface area contributed by atoms with Gasteiger partial charge >= 0.3 is 12.1 Å². The van der Waals surface area contributed by atoms with E-state index in [1.807, 2.05) is 0 Å². The number of piperidine rings is 1. The van der Waals surface area contributed by atoms with Crippen molar-refractivity contribution in [3.8, 4) is 0 Å². The van der Waals surface area contributed by atoms with E-state index in [2.05, 4.69) is 12.4 Å². The summed E-state index contributed by atoms with van der Waals surface area (Å²) >= 11 is 0. The van der Waals surface area contributed by atoms with Crippen LogP contribution < -0.4 is 5.32 Å². The molecule has 10 heteroatoms. The molecule has 0 radical (unpaired) electrons. The van der Waals surface area contributed by atoms with Crippen molar-refractivity contribution >= 4 is 18.0 Å². The van der Waals surface area contributed by atoms with Crippen LogP contribution in [0.3, 0.4) is 0 Å². The molecule has 2 saturated heterocycles. The lowest BCUT2D eigenvalue weighted by Crippen LogP contribution is -2.69. The van der Waals surface area contributed by atoms with Crippen molar-refractivity contribution in [3.05, 3.63) is 64.4 Å². The Balaban J connectivity index is 1.33. The van der Waals surface area contributed by atoms with Gasteiger partial charge in [0.05, 0.1) is 32.3 Å². The number of hydrogen-bond acceptors (Lipinski definition) is 5. The highest BCUT2D eigenvalue weighted by Gasteiger charge is 2.72. The van der Waals surface area contributed by atoms with Crippen LogP contribution in [-0.4, -0.2) is 73.8 Å². The number of allylic oxidation sites excluding steroid dienone is 1. The molecule has 4 fully saturated rings. The molecule has 2 heterocycles. The van der Waals surface area contributed by atoms with Crippen molar-refractivity contribution in [1.29, 1.82) is 0 Å². The van der Waals surface area contributed by atoms with Crippen molar-refractivity contribution in [1.82, 2.24) is 5.32 Å². The third kappa shape index (κ3) is 4.58. The average Bonchev–Trinajstić information content (AvgIpc) is 3.71. The highest BCUT2D eigenvalue weighted by Crippen LogP contribution is 2.68. The number of alkyl halides is 3. The second-order valence-electron chi connectivity index (χ2n) is 13.8. The fourth-order valence-electron chi connectivity index (χ4n) is 9.32. The maximum Gasteiger partial charge on any atom is 0.421 e. The fourth-order valence-corrected chi connectivity index (χ4v) is 9.32. The van der Waals surface area contributed by atoms with Crippen LogP contribution in [0.4, 0.5) is 13.2 Å². The summed E-state index contributed by atoms with van der Waals surface area (Å²) in [5.74, 6) is -0.561. The molecule has 1 aromatic carbocycles. The van der Waals surface area contributed by atoms with E-state index in [-0.39, 0.29) is 22.8 Å². The highest BCUT2D eigenvalue weighted by atomic mass is 19.4. The van der Waals surface area contributed by atoms with Crippen LogP contribution in [0, 0.1) is 17.3 Å². The summed E-state index contributed by atoms with van der Waals surface area (Å²) in [4.78, 5) is 26.1. The number of hydrogen-bond donors (Lipinski definition) is 1. The van der Waals surface area contributed by atoms with Gasteiger partial charge in [-0.15, -0.1) is 0 Å². The lowest BCUT2D eigenvalue weighted by molar-refractivity contribution is -0.947. The molecule has 2 bridgehead atoms. The standard InChI is InChI=1S/C34H39F3N2O5/c1-20(40)43-27-18-33(42-3,38-31(41)25(34(35,36)37)16-21-8-5-4-6-9-21)30-29-23(27)17-26-24-10-7-11-28(44-30)32(24,29)14-15-39(26,2)19-22-12-13-22/h4-6,8-9,16,18,22,24,26,28,30H,7,10-15,17,19H2,1-3H3/p+1/t24-,26+,28-,30?,32+,33?,39?/m0/s1. The molecule has 2 aliphatic heterocycles. The van der Waals surface area contributed by atoms with Gasteiger partial charge in [0.25, 0.3) is 5.91 Å². The van der Waals surface area contributed by atoms with Crippen molar-refractivity contribution in [2.45, 2.75) is 82.0 Å². The summed E-state index contributed by atoms with van der Waals surface area (Å²) in [5, 5.41) is 2.59. The van der Waals surface area contributed by atoms with Crippen molar-refractivity contribution in [2.24, 2.45) is 17.3 Å². The number of likely N-dealkylation sites (tertiary alicyclic amines) is 1. The number of amides is 1. The second-order valence-corrected chi connectivity index (χ2v) is 13.8. The lowest BCUT2D eigenvalue weighted by Gasteiger charge is -2.62. The van der Waals surface area contributed by atoms with Crippen LogP contribution in [0.15, 0.2) is 58.9 Å². The zero-order chi connectivity index (χ0) is 31.1. The first-order valence-corrected chi connectivity index (χ1v) is 15.8. The number of carbonyl (C=O) groups excluding carboxylic acids is 2. The van der Waals surface area contributed by atoms with Gasteiger partial charge in [0.2, 0.25) is 0 Å². The third-order valence-corrected chi connectivity index (χ3v) is 11.3. The molecule has 1 spiro atoms. The number of halogens is 3. The SMILES string of the molecule is COC1(NC(=O)C(=Cc2ccccc2)C(F)(F)F)C=C(OC(C)=O)C2=C3C1O[C@H]1CCC[C@H]4[C@@H](C2)[N+](C)(CC2CC2)CC[C@]314. The van der Waals surface area contributed by atoms with Crippen LogP contribution in [0.5, 0.6) is 0 Å². The molecule has 7 nitrogen and oxygen atoms in total. The minimum absolute atomic E-state index is 0.160. The van der Waals surface area contributed by atoms with E-state index < -0.39 is 35.5 Å². The van der Waals surface area contributed by atoms with Gasteiger partial charge in [0, 0.05) is 55.8 Å². The summed E-state index contributed by atoms with van der Waals surface area (Å²) in [6.45, 7) is 3.42. The van der Waals surface area contributed by atoms with Gasteiger partial charge in [-0.3, -0.25) is 9.59 Å². The molecule has 6 aliphatic rings. The van der Waals surface area contributed by atoms with E-state index in [9.17, 15) is 22.8 Å².